The number of nitrogens with one attached hydrogen (secondary N) is 1. The van der Waals surface area contributed by atoms with E-state index in [0.29, 0.717) is 36.1 Å². The van der Waals surface area contributed by atoms with E-state index in [-0.39, 0.29) is 5.56 Å². The van der Waals surface area contributed by atoms with Gasteiger partial charge in [0.2, 0.25) is 11.8 Å². The summed E-state index contributed by atoms with van der Waals surface area (Å²) in [7, 11) is 3.10. The zero-order valence-corrected chi connectivity index (χ0v) is 19.0. The molecule has 1 aromatic heterocycles. The molecule has 0 bridgehead atoms. The molecule has 0 radical (unpaired) electrons. The highest BCUT2D eigenvalue weighted by atomic mass is 16.5. The maximum atomic E-state index is 13.4. The van der Waals surface area contributed by atoms with Gasteiger partial charge < -0.3 is 14.5 Å². The fourth-order valence-corrected chi connectivity index (χ4v) is 4.04. The Kier molecular flexibility index (Phi) is 5.82. The highest BCUT2D eigenvalue weighted by Crippen LogP contribution is 2.25. The van der Waals surface area contributed by atoms with Gasteiger partial charge in [-0.05, 0) is 17.2 Å². The van der Waals surface area contributed by atoms with Crippen molar-refractivity contribution in [3.63, 3.8) is 0 Å². The van der Waals surface area contributed by atoms with Crippen molar-refractivity contribution >= 4 is 0 Å². The number of H-pyrrole nitrogens is 1. The summed E-state index contributed by atoms with van der Waals surface area (Å²) in [5.41, 5.74) is 4.88. The molecule has 34 heavy (non-hydrogen) atoms. The molecule has 0 atom stereocenters. The van der Waals surface area contributed by atoms with Crippen LogP contribution in [0.1, 0.15) is 22.5 Å². The molecule has 5 rings (SSSR count). The average Bonchev–Trinajstić information content (AvgIpc) is 3.20. The third kappa shape index (κ3) is 4.15. The first-order chi connectivity index (χ1) is 16.7. The summed E-state index contributed by atoms with van der Waals surface area (Å²) in [4.78, 5) is 26.1. The number of nitrogens with zero attached hydrogens (tertiary/aromatic N) is 3. The van der Waals surface area contributed by atoms with E-state index in [4.69, 9.17) is 14.5 Å². The Hall–Kier alpha value is -4.39. The minimum Gasteiger partial charge on any atom is -0.481 e. The SMILES string of the molecule is COc1ccc(Cc2nc3c(Cc4ccccc4)[nH]c(-c4ccccc4)cn-3c2=O)c(OC)n1. The molecule has 1 N–H and O–H groups in total. The monoisotopic (exact) mass is 452 g/mol. The number of imidazole rings is 1. The number of aromatic nitrogens is 4. The zero-order chi connectivity index (χ0) is 23.5. The van der Waals surface area contributed by atoms with Gasteiger partial charge in [-0.2, -0.15) is 4.98 Å². The van der Waals surface area contributed by atoms with Crippen LogP contribution in [0.25, 0.3) is 17.1 Å². The van der Waals surface area contributed by atoms with Crippen molar-refractivity contribution in [2.75, 3.05) is 14.2 Å². The fourth-order valence-electron chi connectivity index (χ4n) is 4.04. The molecule has 7 heteroatoms. The lowest BCUT2D eigenvalue weighted by Crippen LogP contribution is -2.18. The van der Waals surface area contributed by atoms with Gasteiger partial charge in [-0.1, -0.05) is 60.7 Å². The Bertz CT molecular complexity index is 1440. The van der Waals surface area contributed by atoms with E-state index < -0.39 is 0 Å². The molecule has 2 aliphatic rings. The van der Waals surface area contributed by atoms with E-state index in [1.807, 2.05) is 60.8 Å². The Balaban J connectivity index is 1.63. The van der Waals surface area contributed by atoms with Crippen molar-refractivity contribution in [1.82, 2.24) is 19.5 Å². The van der Waals surface area contributed by atoms with Crippen LogP contribution >= 0.6 is 0 Å². The average molecular weight is 453 g/mol. The summed E-state index contributed by atoms with van der Waals surface area (Å²) in [6, 6.07) is 23.7. The van der Waals surface area contributed by atoms with Gasteiger partial charge in [0.1, 0.15) is 5.69 Å². The van der Waals surface area contributed by atoms with Gasteiger partial charge in [-0.3, -0.25) is 9.36 Å². The molecule has 170 valence electrons. The zero-order valence-electron chi connectivity index (χ0n) is 19.0. The second-order valence-electron chi connectivity index (χ2n) is 7.93. The Labute approximate surface area is 197 Å². The molecule has 3 heterocycles. The summed E-state index contributed by atoms with van der Waals surface area (Å²) in [6.07, 6.45) is 2.74. The maximum Gasteiger partial charge on any atom is 0.278 e. The first kappa shape index (κ1) is 21.5. The van der Waals surface area contributed by atoms with Crippen molar-refractivity contribution in [3.05, 3.63) is 112 Å². The molecule has 0 aliphatic carbocycles. The van der Waals surface area contributed by atoms with Crippen molar-refractivity contribution in [3.8, 4) is 28.8 Å². The number of ether oxygens (including phenoxy) is 2. The van der Waals surface area contributed by atoms with Gasteiger partial charge in [0.25, 0.3) is 5.56 Å². The number of aromatic amines is 1. The van der Waals surface area contributed by atoms with E-state index in [9.17, 15) is 4.79 Å². The smallest absolute Gasteiger partial charge is 0.278 e. The highest BCUT2D eigenvalue weighted by molar-refractivity contribution is 5.60. The fraction of sp³-hybridized carbons (Fsp3) is 0.148. The topological polar surface area (TPSA) is 82.0 Å². The number of rotatable bonds is 7. The third-order valence-corrected chi connectivity index (χ3v) is 5.73. The summed E-state index contributed by atoms with van der Waals surface area (Å²) in [5.74, 6) is 1.48. The van der Waals surface area contributed by atoms with Gasteiger partial charge in [0, 0.05) is 30.7 Å². The number of methoxy groups -OCH3 is 2. The van der Waals surface area contributed by atoms with Crippen LogP contribution in [0, 0.1) is 0 Å². The minimum absolute atomic E-state index is 0.159. The Morgan fingerprint density at radius 3 is 2.29 bits per heavy atom. The van der Waals surface area contributed by atoms with Crippen molar-refractivity contribution in [1.29, 1.82) is 0 Å². The number of hydrogen-bond donors (Lipinski definition) is 1. The van der Waals surface area contributed by atoms with E-state index in [1.165, 1.54) is 0 Å². The quantitative estimate of drug-likeness (QED) is 0.399. The molecule has 2 aliphatic heterocycles. The molecule has 0 saturated heterocycles. The van der Waals surface area contributed by atoms with E-state index >= 15 is 0 Å². The van der Waals surface area contributed by atoms with Crippen molar-refractivity contribution < 1.29 is 9.47 Å². The van der Waals surface area contributed by atoms with Crippen molar-refractivity contribution in [2.24, 2.45) is 0 Å². The molecule has 2 aromatic carbocycles. The van der Waals surface area contributed by atoms with Crippen molar-refractivity contribution in [2.45, 2.75) is 12.8 Å². The van der Waals surface area contributed by atoms with E-state index in [2.05, 4.69) is 22.1 Å². The van der Waals surface area contributed by atoms with Crippen LogP contribution in [0.5, 0.6) is 11.8 Å². The molecule has 7 nitrogen and oxygen atoms in total. The maximum absolute atomic E-state index is 13.4. The molecule has 0 spiro atoms. The lowest BCUT2D eigenvalue weighted by atomic mass is 10.1. The lowest BCUT2D eigenvalue weighted by Gasteiger charge is -2.13. The summed E-state index contributed by atoms with van der Waals surface area (Å²) < 4.78 is 12.2. The second-order valence-corrected chi connectivity index (χ2v) is 7.93. The van der Waals surface area contributed by atoms with Crippen LogP contribution in [0.2, 0.25) is 0 Å². The lowest BCUT2D eigenvalue weighted by molar-refractivity contribution is 0.361. The Morgan fingerprint density at radius 2 is 1.59 bits per heavy atom. The minimum atomic E-state index is -0.159. The molecule has 3 aromatic rings. The predicted octanol–water partition coefficient (Wildman–Crippen LogP) is 4.26. The molecular weight excluding hydrogens is 428 g/mol. The van der Waals surface area contributed by atoms with Crippen LogP contribution in [-0.2, 0) is 12.8 Å². The van der Waals surface area contributed by atoms with Crippen LogP contribution in [-0.4, -0.2) is 33.7 Å². The summed E-state index contributed by atoms with van der Waals surface area (Å²) >= 11 is 0. The van der Waals surface area contributed by atoms with Gasteiger partial charge in [0.05, 0.1) is 25.6 Å². The van der Waals surface area contributed by atoms with Crippen LogP contribution in [0.15, 0.2) is 83.8 Å². The van der Waals surface area contributed by atoms with Crippen LogP contribution < -0.4 is 15.0 Å². The first-order valence-electron chi connectivity index (χ1n) is 11.0. The van der Waals surface area contributed by atoms with Gasteiger partial charge in [-0.25, -0.2) is 4.98 Å². The number of pyridine rings is 1. The molecule has 0 amide bonds. The largest absolute Gasteiger partial charge is 0.481 e. The van der Waals surface area contributed by atoms with Crippen LogP contribution in [0.4, 0.5) is 0 Å². The second kappa shape index (κ2) is 9.23. The molecule has 0 fully saturated rings. The van der Waals surface area contributed by atoms with E-state index in [0.717, 1.165) is 28.1 Å². The first-order valence-corrected chi connectivity index (χ1v) is 11.0. The van der Waals surface area contributed by atoms with Crippen LogP contribution in [0.3, 0.4) is 0 Å². The van der Waals surface area contributed by atoms with Gasteiger partial charge in [0.15, 0.2) is 5.82 Å². The number of hydrogen-bond acceptors (Lipinski definition) is 5. The summed E-state index contributed by atoms with van der Waals surface area (Å²) in [5, 5.41) is 0. The standard InChI is InChI=1S/C27H24N4O3/c1-33-24-14-13-20(26(30-24)34-2)16-22-27(32)31-17-23(19-11-7-4-8-12-19)28-21(25(31)29-22)15-18-9-5-3-6-10-18/h3-14,17,28H,15-16H2,1-2H3. The summed E-state index contributed by atoms with van der Waals surface area (Å²) in [6.45, 7) is 0. The highest BCUT2D eigenvalue weighted by Gasteiger charge is 2.21. The molecule has 0 saturated carbocycles. The third-order valence-electron chi connectivity index (χ3n) is 5.73. The Morgan fingerprint density at radius 1 is 0.853 bits per heavy atom. The molecular formula is C27H24N4O3. The van der Waals surface area contributed by atoms with Gasteiger partial charge in [-0.15, -0.1) is 0 Å². The number of fused-ring (bicyclic) bond motifs is 1. The van der Waals surface area contributed by atoms with E-state index in [1.54, 1.807) is 24.9 Å². The number of benzene rings is 2. The predicted molar refractivity (Wildman–Crippen MR) is 130 cm³/mol. The normalized spacial score (nSPS) is 11.0. The van der Waals surface area contributed by atoms with Gasteiger partial charge >= 0.3 is 0 Å². The molecule has 0 unspecified atom stereocenters.